The summed E-state index contributed by atoms with van der Waals surface area (Å²) in [4.78, 5) is 22.8. The number of thiocarbonyl (C=S) groups is 1. The lowest BCUT2D eigenvalue weighted by molar-refractivity contribution is -0.181. The van der Waals surface area contributed by atoms with Crippen molar-refractivity contribution < 1.29 is 22.4 Å². The Morgan fingerprint density at radius 2 is 2.06 bits per heavy atom. The van der Waals surface area contributed by atoms with Gasteiger partial charge < -0.3 is 10.6 Å². The second kappa shape index (κ2) is 8.38. The summed E-state index contributed by atoms with van der Waals surface area (Å²) in [7, 11) is -1.37. The van der Waals surface area contributed by atoms with E-state index < -0.39 is 40.7 Å². The number of hydrogen-bond acceptors (Lipinski definition) is 4. The first kappa shape index (κ1) is 23.5. The molecule has 12 heteroatoms. The summed E-state index contributed by atoms with van der Waals surface area (Å²) >= 11 is 4.94. The van der Waals surface area contributed by atoms with Crippen LogP contribution in [0, 0.1) is 0 Å². The van der Waals surface area contributed by atoms with Crippen molar-refractivity contribution in [3.8, 4) is 0 Å². The van der Waals surface area contributed by atoms with Gasteiger partial charge >= 0.3 is 12.2 Å². The smallest absolute Gasteiger partial charge is 0.392 e. The van der Waals surface area contributed by atoms with Crippen molar-refractivity contribution in [1.82, 2.24) is 15.2 Å². The van der Waals surface area contributed by atoms with E-state index in [1.54, 1.807) is 18.4 Å². The molecular weight excluding hydrogens is 454 g/mol. The number of carbonyl (C=O) groups is 1. The van der Waals surface area contributed by atoms with Crippen LogP contribution in [0.5, 0.6) is 0 Å². The van der Waals surface area contributed by atoms with Gasteiger partial charge in [-0.3, -0.25) is 10.3 Å². The predicted octanol–water partition coefficient (Wildman–Crippen LogP) is 3.92. The van der Waals surface area contributed by atoms with Crippen LogP contribution in [0.3, 0.4) is 0 Å². The number of thiol groups is 1. The van der Waals surface area contributed by atoms with E-state index in [-0.39, 0.29) is 23.6 Å². The summed E-state index contributed by atoms with van der Waals surface area (Å²) in [6.07, 6.45) is -4.37. The Balaban J connectivity index is 1.85. The van der Waals surface area contributed by atoms with Crippen molar-refractivity contribution in [2.45, 2.75) is 55.9 Å². The molecule has 0 bridgehead atoms. The number of pyridine rings is 1. The van der Waals surface area contributed by atoms with Gasteiger partial charge in [-0.25, -0.2) is 14.2 Å². The summed E-state index contributed by atoms with van der Waals surface area (Å²) in [6.45, 7) is 3.71. The summed E-state index contributed by atoms with van der Waals surface area (Å²) in [5.74, 6) is 0. The number of likely N-dealkylation sites (tertiary alicyclic amines) is 1. The van der Waals surface area contributed by atoms with Crippen molar-refractivity contribution in [2.24, 2.45) is 10.7 Å². The van der Waals surface area contributed by atoms with Crippen LogP contribution < -0.4 is 11.1 Å². The molecule has 2 aliphatic rings. The van der Waals surface area contributed by atoms with Gasteiger partial charge in [-0.1, -0.05) is 12.2 Å². The number of urea groups is 1. The highest BCUT2D eigenvalue weighted by molar-refractivity contribution is 8.32. The summed E-state index contributed by atoms with van der Waals surface area (Å²) < 4.78 is 54.2. The Hall–Kier alpha value is -2.21. The third kappa shape index (κ3) is 4.69. The zero-order valence-electron chi connectivity index (χ0n) is 17.1. The van der Waals surface area contributed by atoms with Crippen LogP contribution in [0.15, 0.2) is 39.3 Å². The molecule has 0 aliphatic carbocycles. The van der Waals surface area contributed by atoms with E-state index >= 15 is 0 Å². The quantitative estimate of drug-likeness (QED) is 0.350. The van der Waals surface area contributed by atoms with E-state index in [1.165, 1.54) is 17.2 Å². The average molecular weight is 478 g/mol. The Bertz CT molecular complexity index is 963. The number of nitrogens with two attached hydrogens (primary N) is 1. The minimum absolute atomic E-state index is 0.0217. The number of amidine groups is 1. The first-order valence-electron chi connectivity index (χ1n) is 9.42. The fourth-order valence-corrected chi connectivity index (χ4v) is 5.43. The third-order valence-corrected chi connectivity index (χ3v) is 7.66. The van der Waals surface area contributed by atoms with E-state index in [0.29, 0.717) is 15.8 Å². The van der Waals surface area contributed by atoms with Crippen LogP contribution in [0.25, 0.3) is 0 Å². The fourth-order valence-electron chi connectivity index (χ4n) is 3.29. The van der Waals surface area contributed by atoms with Crippen LogP contribution in [0.2, 0.25) is 0 Å². The molecule has 2 aliphatic heterocycles. The topological polar surface area (TPSA) is 83.6 Å². The van der Waals surface area contributed by atoms with E-state index in [9.17, 15) is 22.4 Å². The largest absolute Gasteiger partial charge is 0.399 e. The van der Waals surface area contributed by atoms with Gasteiger partial charge in [0, 0.05) is 23.2 Å². The predicted molar refractivity (Wildman–Crippen MR) is 117 cm³/mol. The van der Waals surface area contributed by atoms with Gasteiger partial charge in [0.05, 0.1) is 23.3 Å². The summed E-state index contributed by atoms with van der Waals surface area (Å²) in [6, 6.07) is 1.69. The molecule has 0 aromatic carbocycles. The molecule has 1 fully saturated rings. The monoisotopic (exact) mass is 477 g/mol. The van der Waals surface area contributed by atoms with E-state index in [4.69, 9.17) is 18.0 Å². The first-order valence-corrected chi connectivity index (χ1v) is 11.2. The number of amides is 2. The average Bonchev–Trinajstić information content (AvgIpc) is 3.23. The number of alkyl halides is 4. The molecule has 1 aromatic heterocycles. The molecule has 6 nitrogen and oxygen atoms in total. The Morgan fingerprint density at radius 3 is 2.68 bits per heavy atom. The number of nitrogens with zero attached hydrogens (tertiary/aromatic N) is 3. The van der Waals surface area contributed by atoms with Crippen molar-refractivity contribution in [1.29, 1.82) is 0 Å². The van der Waals surface area contributed by atoms with Crippen LogP contribution in [-0.2, 0) is 5.41 Å². The molecular formula is C19H23F4N5OS2. The fraction of sp³-hybridized carbons (Fsp3) is 0.474. The zero-order valence-corrected chi connectivity index (χ0v) is 18.8. The molecule has 170 valence electrons. The molecule has 3 N–H and O–H groups in total. The second-order valence-corrected chi connectivity index (χ2v) is 10.3. The highest BCUT2D eigenvalue weighted by Gasteiger charge is 2.49. The van der Waals surface area contributed by atoms with Gasteiger partial charge in [0.25, 0.3) is 0 Å². The Labute approximate surface area is 185 Å². The molecule has 0 radical (unpaired) electrons. The van der Waals surface area contributed by atoms with E-state index in [1.807, 2.05) is 0 Å². The highest BCUT2D eigenvalue weighted by atomic mass is 32.2. The van der Waals surface area contributed by atoms with Gasteiger partial charge in [-0.2, -0.15) is 13.2 Å². The SMILES string of the molecule is CC1=C[SH](c2ccnc(C(C)(C)C(F)(F)F)c2)C(NC(=O)N2C[C@@H](F)C[C@H]2C(N)=S)=N1. The van der Waals surface area contributed by atoms with Crippen LogP contribution in [0.4, 0.5) is 22.4 Å². The van der Waals surface area contributed by atoms with Crippen LogP contribution in [-0.4, -0.2) is 51.0 Å². The minimum atomic E-state index is -4.48. The summed E-state index contributed by atoms with van der Waals surface area (Å²) in [5, 5.41) is 4.77. The first-order chi connectivity index (χ1) is 14.3. The van der Waals surface area contributed by atoms with Gasteiger partial charge in [-0.05, 0) is 38.3 Å². The molecule has 0 spiro atoms. The van der Waals surface area contributed by atoms with Gasteiger partial charge in [0.1, 0.15) is 11.6 Å². The van der Waals surface area contributed by atoms with Crippen molar-refractivity contribution >= 4 is 39.3 Å². The maximum absolute atomic E-state index is 13.8. The van der Waals surface area contributed by atoms with E-state index in [2.05, 4.69) is 15.3 Å². The molecule has 31 heavy (non-hydrogen) atoms. The maximum atomic E-state index is 13.8. The lowest BCUT2D eigenvalue weighted by Gasteiger charge is -2.28. The van der Waals surface area contributed by atoms with Crippen LogP contribution in [0.1, 0.15) is 32.9 Å². The van der Waals surface area contributed by atoms with Gasteiger partial charge in [0.2, 0.25) is 0 Å². The van der Waals surface area contributed by atoms with Crippen LogP contribution >= 0.6 is 23.1 Å². The number of allylic oxidation sites excluding steroid dienone is 1. The number of nitrogens with one attached hydrogen (secondary N) is 1. The third-order valence-electron chi connectivity index (χ3n) is 5.26. The molecule has 0 saturated carbocycles. The number of halogens is 4. The molecule has 2 amide bonds. The Morgan fingerprint density at radius 1 is 1.39 bits per heavy atom. The van der Waals surface area contributed by atoms with Gasteiger partial charge in [-0.15, -0.1) is 10.9 Å². The highest BCUT2D eigenvalue weighted by Crippen LogP contribution is 2.46. The summed E-state index contributed by atoms with van der Waals surface area (Å²) in [5.41, 5.74) is 3.98. The molecule has 1 aromatic rings. The maximum Gasteiger partial charge on any atom is 0.399 e. The van der Waals surface area contributed by atoms with Crippen molar-refractivity contribution in [3.05, 3.63) is 35.1 Å². The normalized spacial score (nSPS) is 25.3. The lowest BCUT2D eigenvalue weighted by Crippen LogP contribution is -2.49. The Kier molecular flexibility index (Phi) is 6.34. The zero-order chi connectivity index (χ0) is 23.1. The number of aliphatic imine (C=N–C) groups is 1. The number of hydrogen-bond donors (Lipinski definition) is 3. The molecule has 3 rings (SSSR count). The lowest BCUT2D eigenvalue weighted by atomic mass is 9.88. The number of aromatic nitrogens is 1. The number of carbonyl (C=O) groups excluding carboxylic acids is 1. The van der Waals surface area contributed by atoms with Crippen molar-refractivity contribution in [2.75, 3.05) is 6.54 Å². The molecule has 3 heterocycles. The molecule has 3 atom stereocenters. The van der Waals surface area contributed by atoms with E-state index in [0.717, 1.165) is 13.8 Å². The standard InChI is InChI=1S/C19H23F4N5OS2/c1-10-9-31(12-4-5-25-14(7-12)18(2,3)19(21,22)23)16(26-10)27-17(29)28-8-11(20)6-13(28)15(24)30/h4-5,7,9,11,13,31H,6,8H2,1-3H3,(H2,24,30)(H,26,27,29)/t11-,13-/m0/s1. The second-order valence-electron chi connectivity index (χ2n) is 7.93. The van der Waals surface area contributed by atoms with Gasteiger partial charge in [0.15, 0.2) is 5.17 Å². The van der Waals surface area contributed by atoms with Crippen molar-refractivity contribution in [3.63, 3.8) is 0 Å². The minimum Gasteiger partial charge on any atom is -0.392 e. The number of rotatable bonds is 3. The molecule has 1 unspecified atom stereocenters. The molecule has 1 saturated heterocycles.